The van der Waals surface area contributed by atoms with E-state index in [1.807, 2.05) is 24.3 Å². The zero-order valence-corrected chi connectivity index (χ0v) is 27.9. The van der Waals surface area contributed by atoms with E-state index in [9.17, 15) is 40.7 Å². The van der Waals surface area contributed by atoms with Crippen molar-refractivity contribution in [1.82, 2.24) is 0 Å². The van der Waals surface area contributed by atoms with Crippen molar-refractivity contribution in [1.29, 1.82) is 0 Å². The summed E-state index contributed by atoms with van der Waals surface area (Å²) in [6.45, 7) is 0. The first-order valence-corrected chi connectivity index (χ1v) is 13.3. The first kappa shape index (κ1) is 37.0. The Hall–Kier alpha value is -5.45. The summed E-state index contributed by atoms with van der Waals surface area (Å²) < 4.78 is 0. The van der Waals surface area contributed by atoms with Crippen molar-refractivity contribution < 1.29 is 76.6 Å². The van der Waals surface area contributed by atoms with E-state index in [-0.39, 0.29) is 103 Å². The minimum absolute atomic E-state index is 0. The number of nitro groups is 2. The molecule has 0 fully saturated rings. The second kappa shape index (κ2) is 16.4. The third kappa shape index (κ3) is 8.47. The van der Waals surface area contributed by atoms with Crippen LogP contribution in [0.15, 0.2) is 130 Å². The number of non-ortho nitro benzene ring substituents is 2. The summed E-state index contributed by atoms with van der Waals surface area (Å²) in [5.74, 6) is -0.618. The number of fused-ring (bicyclic) bond motifs is 2. The number of phenols is 4. The van der Waals surface area contributed by atoms with Gasteiger partial charge in [0.15, 0.2) is 0 Å². The Morgan fingerprint density at radius 2 is 0.833 bits per heavy atom. The largest absolute Gasteiger partial charge is 1.00 e. The van der Waals surface area contributed by atoms with Crippen molar-refractivity contribution in [3.63, 3.8) is 0 Å². The predicted molar refractivity (Wildman–Crippen MR) is 169 cm³/mol. The minimum atomic E-state index is -0.589. The van der Waals surface area contributed by atoms with Crippen LogP contribution < -0.4 is 29.6 Å². The van der Waals surface area contributed by atoms with Crippen LogP contribution in [0.1, 0.15) is 0 Å². The fourth-order valence-corrected chi connectivity index (χ4v) is 4.32. The molecule has 4 N–H and O–H groups in total. The molecule has 0 atom stereocenters. The molecule has 0 heterocycles. The maximum atomic E-state index is 10.8. The molecule has 14 nitrogen and oxygen atoms in total. The summed E-state index contributed by atoms with van der Waals surface area (Å²) in [7, 11) is 0. The van der Waals surface area contributed by atoms with Crippen molar-refractivity contribution in [3.8, 4) is 23.0 Å². The molecule has 0 saturated carbocycles. The van der Waals surface area contributed by atoms with Gasteiger partial charge in [0, 0.05) is 51.8 Å². The van der Waals surface area contributed by atoms with Crippen molar-refractivity contribution in [2.45, 2.75) is 0 Å². The molecule has 6 rings (SSSR count). The Labute approximate surface area is 303 Å². The average Bonchev–Trinajstić information content (AvgIpc) is 3.05. The normalized spacial score (nSPS) is 10.7. The monoisotopic (exact) mass is 700 g/mol. The molecule has 0 bridgehead atoms. The van der Waals surface area contributed by atoms with Crippen LogP contribution >= 0.6 is 0 Å². The number of hydrogen-bond acceptors (Lipinski definition) is 12. The van der Waals surface area contributed by atoms with Gasteiger partial charge in [-0.05, 0) is 35.0 Å². The molecule has 1 radical (unpaired) electrons. The number of aromatic hydroxyl groups is 4. The fraction of sp³-hybridized carbons (Fsp3) is 0. The van der Waals surface area contributed by atoms with Crippen LogP contribution in [-0.4, -0.2) is 30.3 Å². The zero-order valence-electron chi connectivity index (χ0n) is 24.8. The van der Waals surface area contributed by atoms with Crippen LogP contribution in [0.5, 0.6) is 23.0 Å². The van der Waals surface area contributed by atoms with Gasteiger partial charge in [-0.3, -0.25) is 20.2 Å². The summed E-state index contributed by atoms with van der Waals surface area (Å²) in [6, 6.07) is 28.0. The molecule has 0 aliphatic rings. The summed E-state index contributed by atoms with van der Waals surface area (Å²) in [5, 5.41) is 79.7. The SMILES string of the molecule is O=[N+]([O-])c1ccc(O)c(N=Nc2c(O)ccc3ccccc23)c1.O=[N+]([O-])c1ccc(O)c(N=Nc2c(O)ccc3ccccc23)c1.[Co].[Na+]. The molecule has 0 aliphatic heterocycles. The van der Waals surface area contributed by atoms with Gasteiger partial charge in [0.25, 0.3) is 11.4 Å². The smallest absolute Gasteiger partial charge is 0.506 e. The molecular weight excluding hydrogens is 678 g/mol. The maximum Gasteiger partial charge on any atom is 1.00 e. The van der Waals surface area contributed by atoms with Gasteiger partial charge in [-0.2, -0.15) is 0 Å². The van der Waals surface area contributed by atoms with E-state index in [0.29, 0.717) is 10.8 Å². The van der Waals surface area contributed by atoms with Gasteiger partial charge < -0.3 is 20.4 Å². The predicted octanol–water partition coefficient (Wildman–Crippen LogP) is 6.15. The van der Waals surface area contributed by atoms with Gasteiger partial charge in [0.05, 0.1) is 9.85 Å². The first-order chi connectivity index (χ1) is 22.1. The number of benzene rings is 6. The molecule has 6 aromatic carbocycles. The average molecular weight is 700 g/mol. The summed E-state index contributed by atoms with van der Waals surface area (Å²) in [6.07, 6.45) is 0. The Kier molecular flexibility index (Phi) is 12.6. The van der Waals surface area contributed by atoms with Crippen LogP contribution in [0.3, 0.4) is 0 Å². The maximum absolute atomic E-state index is 10.8. The van der Waals surface area contributed by atoms with Gasteiger partial charge in [-0.25, -0.2) is 0 Å². The third-order valence-corrected chi connectivity index (χ3v) is 6.61. The Morgan fingerprint density at radius 1 is 0.479 bits per heavy atom. The summed E-state index contributed by atoms with van der Waals surface area (Å²) in [5.41, 5.74) is -0.0566. The molecule has 48 heavy (non-hydrogen) atoms. The van der Waals surface area contributed by atoms with Gasteiger partial charge in [-0.1, -0.05) is 60.7 Å². The van der Waals surface area contributed by atoms with Gasteiger partial charge in [0.1, 0.15) is 45.7 Å². The Bertz CT molecular complexity index is 2040. The van der Waals surface area contributed by atoms with E-state index < -0.39 is 9.85 Å². The van der Waals surface area contributed by atoms with Crippen LogP contribution in [0.4, 0.5) is 34.1 Å². The molecule has 237 valence electrons. The van der Waals surface area contributed by atoms with Crippen LogP contribution in [0.2, 0.25) is 0 Å². The van der Waals surface area contributed by atoms with Crippen molar-refractivity contribution in [3.05, 3.63) is 129 Å². The van der Waals surface area contributed by atoms with Crippen LogP contribution in [-0.2, 0) is 16.8 Å². The van der Waals surface area contributed by atoms with Gasteiger partial charge >= 0.3 is 29.6 Å². The van der Waals surface area contributed by atoms with Crippen LogP contribution in [0, 0.1) is 20.2 Å². The minimum Gasteiger partial charge on any atom is -0.506 e. The molecule has 0 unspecified atom stereocenters. The topological polar surface area (TPSA) is 217 Å². The molecule has 0 saturated heterocycles. The van der Waals surface area contributed by atoms with Gasteiger partial charge in [0.2, 0.25) is 0 Å². The first-order valence-electron chi connectivity index (χ1n) is 13.3. The van der Waals surface area contributed by atoms with E-state index in [0.717, 1.165) is 22.9 Å². The number of nitro benzene ring substituents is 2. The second-order valence-electron chi connectivity index (χ2n) is 9.57. The number of hydrogen-bond donors (Lipinski definition) is 4. The molecule has 0 aromatic heterocycles. The fourth-order valence-electron chi connectivity index (χ4n) is 4.32. The van der Waals surface area contributed by atoms with Crippen molar-refractivity contribution in [2.75, 3.05) is 0 Å². The summed E-state index contributed by atoms with van der Waals surface area (Å²) >= 11 is 0. The van der Waals surface area contributed by atoms with E-state index in [1.165, 1.54) is 36.4 Å². The zero-order chi connectivity index (χ0) is 32.8. The number of phenolic OH excluding ortho intramolecular Hbond substituents is 4. The van der Waals surface area contributed by atoms with E-state index in [4.69, 9.17) is 0 Å². The van der Waals surface area contributed by atoms with Crippen LogP contribution in [0.25, 0.3) is 21.5 Å². The quantitative estimate of drug-likeness (QED) is 0.0682. The van der Waals surface area contributed by atoms with E-state index >= 15 is 0 Å². The molecule has 0 amide bonds. The van der Waals surface area contributed by atoms with Gasteiger partial charge in [-0.15, -0.1) is 20.5 Å². The standard InChI is InChI=1S/2C16H11N3O4.Co.Na/c2*20-14-8-6-11(19(22)23)9-13(14)17-18-16-12-4-2-1-3-10(12)5-7-15(16)21;;/h2*1-9,20-21H;;/q;;;+1. The number of rotatable bonds is 6. The number of azo groups is 2. The third-order valence-electron chi connectivity index (χ3n) is 6.61. The molecule has 6 aromatic rings. The van der Waals surface area contributed by atoms with E-state index in [1.54, 1.807) is 36.4 Å². The molecule has 0 aliphatic carbocycles. The molecular formula is C32H22CoN6NaO8+. The van der Waals surface area contributed by atoms with E-state index in [2.05, 4.69) is 20.5 Å². The summed E-state index contributed by atoms with van der Waals surface area (Å²) in [4.78, 5) is 20.4. The Morgan fingerprint density at radius 3 is 1.21 bits per heavy atom. The molecule has 0 spiro atoms. The second-order valence-corrected chi connectivity index (χ2v) is 9.57. The van der Waals surface area contributed by atoms with Crippen molar-refractivity contribution >= 4 is 55.7 Å². The Balaban J connectivity index is 0.000000250. The number of nitrogens with zero attached hydrogens (tertiary/aromatic N) is 6. The van der Waals surface area contributed by atoms with Crippen molar-refractivity contribution in [2.24, 2.45) is 20.5 Å². The molecule has 16 heteroatoms.